The van der Waals surface area contributed by atoms with Gasteiger partial charge >= 0.3 is 0 Å². The fraction of sp³-hybridized carbons (Fsp3) is 0.462. The quantitative estimate of drug-likeness (QED) is 0.453. The Morgan fingerprint density at radius 1 is 1.27 bits per heavy atom. The monoisotopic (exact) mass is 467 g/mol. The van der Waals surface area contributed by atoms with Crippen molar-refractivity contribution in [2.45, 2.75) is 66.2 Å². The third-order valence-electron chi connectivity index (χ3n) is 5.90. The molecule has 0 saturated carbocycles. The molecule has 1 aromatic carbocycles. The number of hydrogen-bond donors (Lipinski definition) is 0. The maximum absolute atomic E-state index is 13.7. The summed E-state index contributed by atoms with van der Waals surface area (Å²) in [5.74, 6) is 1.90. The summed E-state index contributed by atoms with van der Waals surface area (Å²) < 4.78 is 13.8. The first-order valence-corrected chi connectivity index (χ1v) is 12.4. The number of ether oxygens (including phenoxy) is 2. The van der Waals surface area contributed by atoms with E-state index in [2.05, 4.69) is 37.5 Å². The Morgan fingerprint density at radius 3 is 2.61 bits per heavy atom. The maximum Gasteiger partial charge on any atom is 0.290 e. The molecule has 0 spiro atoms. The number of benzene rings is 1. The summed E-state index contributed by atoms with van der Waals surface area (Å²) in [5, 5.41) is 2.04. The Kier molecular flexibility index (Phi) is 6.27. The number of rotatable bonds is 6. The number of imidazole rings is 1. The van der Waals surface area contributed by atoms with Crippen LogP contribution in [-0.2, 0) is 13.0 Å². The van der Waals surface area contributed by atoms with Crippen LogP contribution in [0.4, 0.5) is 0 Å². The third-order valence-corrected chi connectivity index (χ3v) is 6.77. The van der Waals surface area contributed by atoms with Crippen molar-refractivity contribution >= 4 is 17.2 Å². The highest BCUT2D eigenvalue weighted by atomic mass is 32.1. The second-order valence-electron chi connectivity index (χ2n) is 9.56. The van der Waals surface area contributed by atoms with Crippen molar-refractivity contribution < 1.29 is 14.3 Å². The van der Waals surface area contributed by atoms with E-state index in [1.807, 2.05) is 43.2 Å². The molecule has 0 N–H and O–H groups in total. The first-order valence-electron chi connectivity index (χ1n) is 11.5. The molecule has 0 aliphatic carbocycles. The molecular formula is C26H33N3O3S. The fourth-order valence-electron chi connectivity index (χ4n) is 4.50. The first kappa shape index (κ1) is 23.4. The molecule has 0 radical (unpaired) electrons. The van der Waals surface area contributed by atoms with Gasteiger partial charge in [-0.3, -0.25) is 4.79 Å². The standard InChI is InChI=1S/C26H33N3O3S/c1-8-29(26(4,5)6)25(30)24-27-22(21-10-9-13-33-21)23-18-15-20(32-16(2)3)19(31-7)14-17(18)11-12-28(23)24/h9-10,13-16H,8,11-12H2,1-7H3. The van der Waals surface area contributed by atoms with Gasteiger partial charge in [0.15, 0.2) is 17.3 Å². The Bertz CT molecular complexity index is 1160. The minimum atomic E-state index is -0.292. The van der Waals surface area contributed by atoms with Crippen LogP contribution in [0.2, 0.25) is 0 Å². The number of fused-ring (bicyclic) bond motifs is 3. The van der Waals surface area contributed by atoms with Gasteiger partial charge in [0.25, 0.3) is 5.91 Å². The summed E-state index contributed by atoms with van der Waals surface area (Å²) in [5.41, 5.74) is 3.75. The number of aryl methyl sites for hydroxylation is 1. The predicted molar refractivity (Wildman–Crippen MR) is 133 cm³/mol. The molecule has 33 heavy (non-hydrogen) atoms. The van der Waals surface area contributed by atoms with Crippen LogP contribution < -0.4 is 9.47 Å². The SMILES string of the molecule is CCN(C(=O)c1nc(-c2cccs2)c2n1CCc1cc(OC)c(OC(C)C)cc1-2)C(C)(C)C. The van der Waals surface area contributed by atoms with Gasteiger partial charge < -0.3 is 18.9 Å². The Morgan fingerprint density at radius 2 is 2.03 bits per heavy atom. The van der Waals surface area contributed by atoms with Gasteiger partial charge in [0.1, 0.15) is 5.69 Å². The van der Waals surface area contributed by atoms with E-state index in [9.17, 15) is 4.79 Å². The summed E-state index contributed by atoms with van der Waals surface area (Å²) in [6.45, 7) is 13.5. The normalized spacial score (nSPS) is 13.0. The zero-order valence-corrected chi connectivity index (χ0v) is 21.4. The van der Waals surface area contributed by atoms with E-state index in [4.69, 9.17) is 14.5 Å². The van der Waals surface area contributed by atoms with Gasteiger partial charge in [-0.25, -0.2) is 4.98 Å². The molecule has 3 heterocycles. The smallest absolute Gasteiger partial charge is 0.290 e. The van der Waals surface area contributed by atoms with Crippen LogP contribution >= 0.6 is 11.3 Å². The molecule has 7 heteroatoms. The second kappa shape index (κ2) is 8.86. The average molecular weight is 468 g/mol. The lowest BCUT2D eigenvalue weighted by Gasteiger charge is -2.34. The topological polar surface area (TPSA) is 56.6 Å². The van der Waals surface area contributed by atoms with Crippen molar-refractivity contribution in [1.29, 1.82) is 0 Å². The molecule has 0 atom stereocenters. The Balaban J connectivity index is 1.94. The highest BCUT2D eigenvalue weighted by Crippen LogP contribution is 2.44. The maximum atomic E-state index is 13.7. The molecule has 4 rings (SSSR count). The number of carbonyl (C=O) groups excluding carboxylic acids is 1. The number of amides is 1. The van der Waals surface area contributed by atoms with E-state index in [0.29, 0.717) is 24.7 Å². The van der Waals surface area contributed by atoms with Crippen LogP contribution in [0.1, 0.15) is 57.7 Å². The van der Waals surface area contributed by atoms with E-state index in [-0.39, 0.29) is 17.6 Å². The number of carbonyl (C=O) groups is 1. The van der Waals surface area contributed by atoms with Crippen LogP contribution in [0.5, 0.6) is 11.5 Å². The lowest BCUT2D eigenvalue weighted by atomic mass is 9.95. The van der Waals surface area contributed by atoms with Crippen LogP contribution in [0.25, 0.3) is 21.8 Å². The summed E-state index contributed by atoms with van der Waals surface area (Å²) in [6, 6.07) is 8.20. The third kappa shape index (κ3) is 4.26. The van der Waals surface area contributed by atoms with Crippen molar-refractivity contribution in [2.24, 2.45) is 0 Å². The van der Waals surface area contributed by atoms with Crippen molar-refractivity contribution in [3.05, 3.63) is 41.0 Å². The van der Waals surface area contributed by atoms with Crippen molar-refractivity contribution in [1.82, 2.24) is 14.5 Å². The van der Waals surface area contributed by atoms with Gasteiger partial charge in [-0.1, -0.05) is 6.07 Å². The molecule has 176 valence electrons. The summed E-state index contributed by atoms with van der Waals surface area (Å²) in [4.78, 5) is 21.6. The number of methoxy groups -OCH3 is 1. The molecule has 0 bridgehead atoms. The van der Waals surface area contributed by atoms with Crippen LogP contribution in [0.15, 0.2) is 29.6 Å². The molecule has 2 aromatic heterocycles. The number of thiophene rings is 1. The van der Waals surface area contributed by atoms with Gasteiger partial charge in [0, 0.05) is 24.2 Å². The molecule has 3 aromatic rings. The predicted octanol–water partition coefficient (Wildman–Crippen LogP) is 5.89. The van der Waals surface area contributed by atoms with E-state index in [1.54, 1.807) is 18.4 Å². The minimum absolute atomic E-state index is 0.0178. The second-order valence-corrected chi connectivity index (χ2v) is 10.5. The molecule has 1 aliphatic heterocycles. The van der Waals surface area contributed by atoms with E-state index < -0.39 is 0 Å². The highest BCUT2D eigenvalue weighted by Gasteiger charge is 2.34. The molecule has 0 unspecified atom stereocenters. The molecule has 1 amide bonds. The fourth-order valence-corrected chi connectivity index (χ4v) is 5.22. The Hall–Kier alpha value is -2.80. The van der Waals surface area contributed by atoms with Crippen molar-refractivity contribution in [3.63, 3.8) is 0 Å². The zero-order chi connectivity index (χ0) is 23.9. The van der Waals surface area contributed by atoms with E-state index >= 15 is 0 Å². The van der Waals surface area contributed by atoms with Crippen LogP contribution in [0.3, 0.4) is 0 Å². The van der Waals surface area contributed by atoms with Gasteiger partial charge in [0.05, 0.1) is 23.8 Å². The summed E-state index contributed by atoms with van der Waals surface area (Å²) in [6.07, 6.45) is 0.812. The van der Waals surface area contributed by atoms with Gasteiger partial charge in [-0.2, -0.15) is 0 Å². The van der Waals surface area contributed by atoms with Gasteiger partial charge in [-0.05, 0) is 77.1 Å². The minimum Gasteiger partial charge on any atom is -0.493 e. The molecular weight excluding hydrogens is 434 g/mol. The lowest BCUT2D eigenvalue weighted by molar-refractivity contribution is 0.0581. The van der Waals surface area contributed by atoms with Crippen LogP contribution in [-0.4, -0.2) is 45.7 Å². The number of aromatic nitrogens is 2. The molecule has 0 saturated heterocycles. The van der Waals surface area contributed by atoms with E-state index in [1.165, 1.54) is 5.56 Å². The van der Waals surface area contributed by atoms with Crippen molar-refractivity contribution in [2.75, 3.05) is 13.7 Å². The largest absolute Gasteiger partial charge is 0.493 e. The molecule has 0 fully saturated rings. The average Bonchev–Trinajstić information content (AvgIpc) is 3.40. The summed E-state index contributed by atoms with van der Waals surface area (Å²) >= 11 is 1.63. The van der Waals surface area contributed by atoms with Crippen molar-refractivity contribution in [3.8, 4) is 33.3 Å². The zero-order valence-electron chi connectivity index (χ0n) is 20.6. The molecule has 6 nitrogen and oxygen atoms in total. The van der Waals surface area contributed by atoms with Crippen LogP contribution in [0, 0.1) is 0 Å². The van der Waals surface area contributed by atoms with Gasteiger partial charge in [-0.15, -0.1) is 11.3 Å². The highest BCUT2D eigenvalue weighted by molar-refractivity contribution is 7.13. The summed E-state index contributed by atoms with van der Waals surface area (Å²) in [7, 11) is 1.67. The van der Waals surface area contributed by atoms with Gasteiger partial charge in [0.2, 0.25) is 0 Å². The molecule has 1 aliphatic rings. The lowest BCUT2D eigenvalue weighted by Crippen LogP contribution is -2.46. The number of nitrogens with zero attached hydrogens (tertiary/aromatic N) is 3. The Labute approximate surface area is 200 Å². The number of hydrogen-bond acceptors (Lipinski definition) is 5. The van der Waals surface area contributed by atoms with E-state index in [0.717, 1.165) is 34.0 Å². The first-order chi connectivity index (χ1) is 15.7.